The van der Waals surface area contributed by atoms with Crippen LogP contribution in [-0.4, -0.2) is 31.1 Å². The van der Waals surface area contributed by atoms with Crippen LogP contribution in [0, 0.1) is 0 Å². The van der Waals surface area contributed by atoms with E-state index in [2.05, 4.69) is 20.2 Å². The fourth-order valence-electron chi connectivity index (χ4n) is 1.79. The van der Waals surface area contributed by atoms with Gasteiger partial charge in [0, 0.05) is 24.5 Å². The van der Waals surface area contributed by atoms with Crippen molar-refractivity contribution in [1.29, 1.82) is 0 Å². The van der Waals surface area contributed by atoms with E-state index in [1.807, 2.05) is 22.9 Å². The maximum atomic E-state index is 5.54. The molecular formula is C10H12N6. The molecule has 0 fully saturated rings. The van der Waals surface area contributed by atoms with Crippen molar-refractivity contribution in [2.75, 3.05) is 6.54 Å². The Labute approximate surface area is 91.5 Å². The molecule has 6 nitrogen and oxygen atoms in total. The van der Waals surface area contributed by atoms with Gasteiger partial charge in [-0.15, -0.1) is 0 Å². The van der Waals surface area contributed by atoms with Gasteiger partial charge < -0.3 is 10.7 Å². The van der Waals surface area contributed by atoms with Crippen LogP contribution in [0.4, 0.5) is 0 Å². The van der Waals surface area contributed by atoms with E-state index in [1.165, 1.54) is 0 Å². The van der Waals surface area contributed by atoms with Crippen LogP contribution in [0.5, 0.6) is 0 Å². The molecule has 0 aliphatic rings. The number of rotatable bonds is 3. The zero-order chi connectivity index (χ0) is 11.0. The quantitative estimate of drug-likeness (QED) is 0.597. The van der Waals surface area contributed by atoms with Gasteiger partial charge in [-0.1, -0.05) is 0 Å². The minimum absolute atomic E-state index is 0.623. The molecule has 0 saturated carbocycles. The Hall–Kier alpha value is -2.08. The average molecular weight is 216 g/mol. The lowest BCUT2D eigenvalue weighted by Crippen LogP contribution is -2.04. The fourth-order valence-corrected chi connectivity index (χ4v) is 1.79. The number of fused-ring (bicyclic) bond motifs is 1. The molecule has 6 heteroatoms. The predicted octanol–water partition coefficient (Wildman–Crippen LogP) is 0.554. The monoisotopic (exact) mass is 216 g/mol. The Morgan fingerprint density at radius 1 is 1.38 bits per heavy atom. The summed E-state index contributed by atoms with van der Waals surface area (Å²) in [6, 6.07) is 1.91. The zero-order valence-electron chi connectivity index (χ0n) is 8.64. The minimum Gasteiger partial charge on any atom is -0.330 e. The highest BCUT2D eigenvalue weighted by molar-refractivity contribution is 5.56. The molecule has 0 amide bonds. The molecule has 3 rings (SSSR count). The number of H-pyrrole nitrogens is 2. The first-order valence-electron chi connectivity index (χ1n) is 5.13. The van der Waals surface area contributed by atoms with Crippen molar-refractivity contribution < 1.29 is 0 Å². The maximum Gasteiger partial charge on any atom is 0.211 e. The Bertz CT molecular complexity index is 588. The van der Waals surface area contributed by atoms with Crippen molar-refractivity contribution in [3.63, 3.8) is 0 Å². The van der Waals surface area contributed by atoms with Gasteiger partial charge in [0.15, 0.2) is 0 Å². The summed E-state index contributed by atoms with van der Waals surface area (Å²) in [4.78, 5) is 7.50. The molecule has 0 aromatic carbocycles. The average Bonchev–Trinajstić information content (AvgIpc) is 2.93. The summed E-state index contributed by atoms with van der Waals surface area (Å²) < 4.78 is 2.02. The smallest absolute Gasteiger partial charge is 0.211 e. The zero-order valence-corrected chi connectivity index (χ0v) is 8.64. The highest BCUT2D eigenvalue weighted by Gasteiger charge is 2.08. The van der Waals surface area contributed by atoms with Gasteiger partial charge in [-0.3, -0.25) is 9.50 Å². The normalized spacial score (nSPS) is 11.3. The summed E-state index contributed by atoms with van der Waals surface area (Å²) in [5.41, 5.74) is 8.57. The number of nitrogens with two attached hydrogens (primary N) is 1. The summed E-state index contributed by atoms with van der Waals surface area (Å²) in [6.45, 7) is 0.623. The van der Waals surface area contributed by atoms with Crippen LogP contribution >= 0.6 is 0 Å². The first-order valence-corrected chi connectivity index (χ1v) is 5.13. The van der Waals surface area contributed by atoms with E-state index < -0.39 is 0 Å². The number of nitrogens with one attached hydrogen (secondary N) is 2. The number of hydrogen-bond donors (Lipinski definition) is 3. The number of aromatic amines is 2. The summed E-state index contributed by atoms with van der Waals surface area (Å²) in [6.07, 6.45) is 6.39. The summed E-state index contributed by atoms with van der Waals surface area (Å²) in [5.74, 6) is 0.827. The van der Waals surface area contributed by atoms with Crippen LogP contribution in [0.1, 0.15) is 5.69 Å². The lowest BCUT2D eigenvalue weighted by atomic mass is 10.3. The lowest BCUT2D eigenvalue weighted by Gasteiger charge is -1.93. The summed E-state index contributed by atoms with van der Waals surface area (Å²) >= 11 is 0. The van der Waals surface area contributed by atoms with E-state index in [9.17, 15) is 0 Å². The van der Waals surface area contributed by atoms with E-state index in [0.29, 0.717) is 6.54 Å². The van der Waals surface area contributed by atoms with E-state index >= 15 is 0 Å². The Morgan fingerprint density at radius 3 is 3.06 bits per heavy atom. The molecule has 0 bridgehead atoms. The van der Waals surface area contributed by atoms with Crippen molar-refractivity contribution in [1.82, 2.24) is 24.6 Å². The second-order valence-electron chi connectivity index (χ2n) is 3.62. The number of nitrogens with zero attached hydrogens (tertiary/aromatic N) is 3. The van der Waals surface area contributed by atoms with E-state index in [4.69, 9.17) is 5.73 Å². The van der Waals surface area contributed by atoms with Gasteiger partial charge in [0.2, 0.25) is 5.78 Å². The lowest BCUT2D eigenvalue weighted by molar-refractivity contribution is 0.908. The van der Waals surface area contributed by atoms with Crippen LogP contribution in [0.25, 0.3) is 17.2 Å². The molecule has 3 aromatic heterocycles. The third kappa shape index (κ3) is 1.31. The van der Waals surface area contributed by atoms with Crippen molar-refractivity contribution in [3.8, 4) is 11.4 Å². The van der Waals surface area contributed by atoms with E-state index in [1.54, 1.807) is 6.20 Å². The van der Waals surface area contributed by atoms with Crippen LogP contribution in [-0.2, 0) is 6.42 Å². The van der Waals surface area contributed by atoms with E-state index in [-0.39, 0.29) is 0 Å². The van der Waals surface area contributed by atoms with Gasteiger partial charge >= 0.3 is 0 Å². The van der Waals surface area contributed by atoms with E-state index in [0.717, 1.165) is 29.3 Å². The highest BCUT2D eigenvalue weighted by Crippen LogP contribution is 2.17. The number of hydrogen-bond acceptors (Lipinski definition) is 3. The standard InChI is InChI=1S/C10H12N6/c11-3-1-7-5-12-10-14-9(6-16(7)10)8-2-4-13-15-8/h2,4-6H,1,3,11H2,(H,12,14)(H,13,15). The third-order valence-electron chi connectivity index (χ3n) is 2.57. The maximum absolute atomic E-state index is 5.54. The van der Waals surface area contributed by atoms with Gasteiger partial charge in [-0.05, 0) is 12.6 Å². The molecule has 0 saturated heterocycles. The molecule has 3 heterocycles. The Balaban J connectivity index is 2.09. The fraction of sp³-hybridized carbons (Fsp3) is 0.200. The molecular weight excluding hydrogens is 204 g/mol. The molecule has 0 spiro atoms. The number of aromatic nitrogens is 5. The molecule has 3 aromatic rings. The Kier molecular flexibility index (Phi) is 2.00. The second kappa shape index (κ2) is 3.49. The van der Waals surface area contributed by atoms with Gasteiger partial charge in [-0.25, -0.2) is 4.98 Å². The van der Waals surface area contributed by atoms with Crippen molar-refractivity contribution in [3.05, 3.63) is 30.4 Å². The molecule has 0 aliphatic heterocycles. The first kappa shape index (κ1) is 9.17. The largest absolute Gasteiger partial charge is 0.330 e. The van der Waals surface area contributed by atoms with Gasteiger partial charge in [0.05, 0.1) is 17.6 Å². The predicted molar refractivity (Wildman–Crippen MR) is 59.9 cm³/mol. The van der Waals surface area contributed by atoms with Crippen molar-refractivity contribution >= 4 is 5.78 Å². The molecule has 82 valence electrons. The van der Waals surface area contributed by atoms with Crippen LogP contribution in [0.2, 0.25) is 0 Å². The molecule has 16 heavy (non-hydrogen) atoms. The van der Waals surface area contributed by atoms with Crippen LogP contribution in [0.3, 0.4) is 0 Å². The van der Waals surface area contributed by atoms with Gasteiger partial charge in [0.1, 0.15) is 0 Å². The molecule has 0 aliphatic carbocycles. The second-order valence-corrected chi connectivity index (χ2v) is 3.62. The van der Waals surface area contributed by atoms with Crippen LogP contribution < -0.4 is 5.73 Å². The number of imidazole rings is 2. The molecule has 0 radical (unpaired) electrons. The minimum atomic E-state index is 0.623. The van der Waals surface area contributed by atoms with Crippen LogP contribution in [0.15, 0.2) is 24.7 Å². The molecule has 0 unspecified atom stereocenters. The SMILES string of the molecule is NCCc1cnc2[nH]c(-c3ccn[nH]3)cn12. The Morgan fingerprint density at radius 2 is 2.31 bits per heavy atom. The van der Waals surface area contributed by atoms with Crippen molar-refractivity contribution in [2.45, 2.75) is 6.42 Å². The third-order valence-corrected chi connectivity index (χ3v) is 2.57. The summed E-state index contributed by atoms with van der Waals surface area (Å²) in [7, 11) is 0. The topological polar surface area (TPSA) is 87.8 Å². The summed E-state index contributed by atoms with van der Waals surface area (Å²) in [5, 5.41) is 6.83. The highest BCUT2D eigenvalue weighted by atomic mass is 15.1. The van der Waals surface area contributed by atoms with Crippen molar-refractivity contribution in [2.24, 2.45) is 5.73 Å². The molecule has 4 N–H and O–H groups in total. The molecule has 0 atom stereocenters. The van der Waals surface area contributed by atoms with Gasteiger partial charge in [-0.2, -0.15) is 5.10 Å². The van der Waals surface area contributed by atoms with Gasteiger partial charge in [0.25, 0.3) is 0 Å². The first-order chi connectivity index (χ1) is 7.88.